The summed E-state index contributed by atoms with van der Waals surface area (Å²) < 4.78 is 26.0. The molecule has 8 heteroatoms. The van der Waals surface area contributed by atoms with Crippen molar-refractivity contribution in [1.82, 2.24) is 5.48 Å². The van der Waals surface area contributed by atoms with Crippen molar-refractivity contribution in [2.45, 2.75) is 38.6 Å². The molecule has 30 heavy (non-hydrogen) atoms. The minimum atomic E-state index is -3.39. The third-order valence-corrected chi connectivity index (χ3v) is 6.36. The van der Waals surface area contributed by atoms with Crippen LogP contribution in [0.15, 0.2) is 47.5 Å². The van der Waals surface area contributed by atoms with Crippen molar-refractivity contribution >= 4 is 27.8 Å². The number of unbranched alkanes of at least 4 members (excludes halogenated alkanes) is 3. The normalized spacial score (nSPS) is 12.6. The highest BCUT2D eigenvalue weighted by Crippen LogP contribution is 2.27. The Labute approximate surface area is 177 Å². The maximum Gasteiger partial charge on any atom is 0.243 e. The highest BCUT2D eigenvalue weighted by molar-refractivity contribution is 7.92. The molecule has 3 rings (SSSR count). The first-order valence-corrected chi connectivity index (χ1v) is 11.9. The summed E-state index contributed by atoms with van der Waals surface area (Å²) in [4.78, 5) is 15.3. The van der Waals surface area contributed by atoms with E-state index in [1.54, 1.807) is 5.48 Å². The van der Waals surface area contributed by atoms with E-state index in [-0.39, 0.29) is 6.42 Å². The molecule has 2 aromatic rings. The van der Waals surface area contributed by atoms with Crippen LogP contribution in [0, 0.1) is 0 Å². The Morgan fingerprint density at radius 3 is 2.47 bits per heavy atom. The molecule has 1 amide bonds. The predicted octanol–water partition coefficient (Wildman–Crippen LogP) is 3.51. The van der Waals surface area contributed by atoms with E-state index < -0.39 is 15.9 Å². The van der Waals surface area contributed by atoms with Crippen molar-refractivity contribution in [3.05, 3.63) is 53.6 Å². The first kappa shape index (κ1) is 22.0. The molecule has 0 bridgehead atoms. The van der Waals surface area contributed by atoms with Crippen molar-refractivity contribution < 1.29 is 18.4 Å². The first-order valence-electron chi connectivity index (χ1n) is 10.0. The zero-order valence-electron chi connectivity index (χ0n) is 17.0. The van der Waals surface area contributed by atoms with Gasteiger partial charge < -0.3 is 0 Å². The first-order chi connectivity index (χ1) is 14.4. The summed E-state index contributed by atoms with van der Waals surface area (Å²) in [6.07, 6.45) is 6.32. The minimum absolute atomic E-state index is 0.266. The molecule has 1 aliphatic heterocycles. The van der Waals surface area contributed by atoms with Crippen LogP contribution >= 0.6 is 0 Å². The fourth-order valence-corrected chi connectivity index (χ4v) is 4.51. The lowest BCUT2D eigenvalue weighted by Gasteiger charge is -2.22. The molecule has 160 valence electrons. The van der Waals surface area contributed by atoms with Crippen LogP contribution in [0.5, 0.6) is 0 Å². The van der Waals surface area contributed by atoms with Crippen LogP contribution in [0.1, 0.15) is 43.2 Å². The Balaban J connectivity index is 1.61. The number of nitrogens with one attached hydrogen (secondary N) is 1. The van der Waals surface area contributed by atoms with Crippen LogP contribution in [-0.4, -0.2) is 38.5 Å². The Morgan fingerprint density at radius 1 is 1.07 bits per heavy atom. The second kappa shape index (κ2) is 9.86. The summed E-state index contributed by atoms with van der Waals surface area (Å²) in [6.45, 7) is 1.09. The van der Waals surface area contributed by atoms with E-state index in [1.807, 2.05) is 30.5 Å². The van der Waals surface area contributed by atoms with Crippen LogP contribution < -0.4 is 9.79 Å². The fraction of sp³-hybridized carbons (Fsp3) is 0.364. The fourth-order valence-electron chi connectivity index (χ4n) is 3.55. The quantitative estimate of drug-likeness (QED) is 0.343. The molecule has 0 radical (unpaired) electrons. The molecule has 7 nitrogen and oxygen atoms in total. The Kier molecular flexibility index (Phi) is 7.23. The molecule has 0 spiro atoms. The van der Waals surface area contributed by atoms with Gasteiger partial charge in [0.25, 0.3) is 0 Å². The van der Waals surface area contributed by atoms with Crippen LogP contribution in [0.3, 0.4) is 0 Å². The molecule has 0 fully saturated rings. The van der Waals surface area contributed by atoms with Gasteiger partial charge in [0.1, 0.15) is 0 Å². The van der Waals surface area contributed by atoms with Gasteiger partial charge in [0.05, 0.1) is 18.5 Å². The van der Waals surface area contributed by atoms with Crippen molar-refractivity contribution in [1.29, 1.82) is 0 Å². The van der Waals surface area contributed by atoms with E-state index >= 15 is 0 Å². The summed E-state index contributed by atoms with van der Waals surface area (Å²) in [6, 6.07) is 13.8. The molecule has 0 unspecified atom stereocenters. The van der Waals surface area contributed by atoms with Gasteiger partial charge in [-0.25, -0.2) is 13.9 Å². The predicted molar refractivity (Wildman–Crippen MR) is 118 cm³/mol. The van der Waals surface area contributed by atoms with Crippen LogP contribution in [-0.2, 0) is 21.4 Å². The number of hydrogen-bond donors (Lipinski definition) is 2. The summed E-state index contributed by atoms with van der Waals surface area (Å²) in [5.41, 5.74) is 6.72. The van der Waals surface area contributed by atoms with Crippen LogP contribution in [0.4, 0.5) is 5.69 Å². The van der Waals surface area contributed by atoms with E-state index in [0.29, 0.717) is 31.6 Å². The number of carbonyl (C=O) groups is 1. The molecule has 0 saturated heterocycles. The molecular weight excluding hydrogens is 402 g/mol. The number of hydrogen-bond acceptors (Lipinski definition) is 5. The number of nitrogens with zero attached hydrogens (tertiary/aromatic N) is 2. The number of sulfonamides is 1. The van der Waals surface area contributed by atoms with Crippen molar-refractivity contribution in [3.63, 3.8) is 0 Å². The summed E-state index contributed by atoms with van der Waals surface area (Å²) in [7, 11) is -3.39. The SMILES string of the molecule is CS(=O)(=O)N(CCCCCCC(=O)NO)c1ccc(-c2ccc3c(c2)CN=C3)cc1. The van der Waals surface area contributed by atoms with Gasteiger partial charge in [-0.1, -0.05) is 37.1 Å². The van der Waals surface area contributed by atoms with Crippen LogP contribution in [0.25, 0.3) is 11.1 Å². The van der Waals surface area contributed by atoms with Gasteiger partial charge in [0.2, 0.25) is 15.9 Å². The minimum Gasteiger partial charge on any atom is -0.289 e. The molecule has 0 atom stereocenters. The molecular formula is C22H27N3O4S. The molecule has 2 aromatic carbocycles. The topological polar surface area (TPSA) is 99.1 Å². The molecule has 0 saturated carbocycles. The summed E-state index contributed by atoms with van der Waals surface area (Å²) >= 11 is 0. The maximum absolute atomic E-state index is 12.3. The molecule has 1 aliphatic rings. The van der Waals surface area contributed by atoms with Gasteiger partial charge in [0.15, 0.2) is 0 Å². The van der Waals surface area contributed by atoms with Gasteiger partial charge in [-0.05, 0) is 53.3 Å². The molecule has 0 aromatic heterocycles. The molecule has 0 aliphatic carbocycles. The zero-order valence-corrected chi connectivity index (χ0v) is 17.9. The highest BCUT2D eigenvalue weighted by atomic mass is 32.2. The number of amides is 1. The average molecular weight is 430 g/mol. The lowest BCUT2D eigenvalue weighted by Crippen LogP contribution is -2.30. The Bertz CT molecular complexity index is 1020. The highest BCUT2D eigenvalue weighted by Gasteiger charge is 2.17. The number of fused-ring (bicyclic) bond motifs is 1. The summed E-state index contributed by atoms with van der Waals surface area (Å²) in [5.74, 6) is -0.399. The van der Waals surface area contributed by atoms with Crippen molar-refractivity contribution in [3.8, 4) is 11.1 Å². The van der Waals surface area contributed by atoms with E-state index in [2.05, 4.69) is 23.2 Å². The van der Waals surface area contributed by atoms with E-state index in [9.17, 15) is 13.2 Å². The van der Waals surface area contributed by atoms with Crippen LogP contribution in [0.2, 0.25) is 0 Å². The number of carbonyl (C=O) groups excluding carboxylic acids is 1. The standard InChI is InChI=1S/C22H27N3O4S/c1-30(28,29)25(13-5-3-2-4-6-22(26)24-27)21-11-9-17(10-12-21)18-7-8-19-15-23-16-20(19)14-18/h7-12,14-15,27H,2-6,13,16H2,1H3,(H,24,26). The van der Waals surface area contributed by atoms with Crippen molar-refractivity contribution in [2.24, 2.45) is 4.99 Å². The number of hydroxylamine groups is 1. The van der Waals surface area contributed by atoms with E-state index in [1.165, 1.54) is 16.1 Å². The van der Waals surface area contributed by atoms with Gasteiger partial charge in [0, 0.05) is 19.2 Å². The lowest BCUT2D eigenvalue weighted by atomic mass is 10.0. The number of benzene rings is 2. The third kappa shape index (κ3) is 5.67. The Morgan fingerprint density at radius 2 is 1.77 bits per heavy atom. The second-order valence-corrected chi connectivity index (χ2v) is 9.37. The smallest absolute Gasteiger partial charge is 0.243 e. The lowest BCUT2D eigenvalue weighted by molar-refractivity contribution is -0.129. The van der Waals surface area contributed by atoms with E-state index in [4.69, 9.17) is 5.21 Å². The second-order valence-electron chi connectivity index (χ2n) is 7.46. The van der Waals surface area contributed by atoms with Gasteiger partial charge >= 0.3 is 0 Å². The third-order valence-electron chi connectivity index (χ3n) is 5.16. The monoisotopic (exact) mass is 429 g/mol. The Hall–Kier alpha value is -2.71. The van der Waals surface area contributed by atoms with Gasteiger partial charge in [-0.2, -0.15) is 0 Å². The number of rotatable bonds is 10. The number of aliphatic imine (C=N–C) groups is 1. The van der Waals surface area contributed by atoms with Gasteiger partial charge in [-0.3, -0.25) is 19.3 Å². The number of anilines is 1. The molecule has 1 heterocycles. The molecule has 2 N–H and O–H groups in total. The largest absolute Gasteiger partial charge is 0.289 e. The van der Waals surface area contributed by atoms with Gasteiger partial charge in [-0.15, -0.1) is 0 Å². The van der Waals surface area contributed by atoms with Crippen molar-refractivity contribution in [2.75, 3.05) is 17.1 Å². The van der Waals surface area contributed by atoms with E-state index in [0.717, 1.165) is 29.5 Å². The maximum atomic E-state index is 12.3. The average Bonchev–Trinajstić information content (AvgIpc) is 3.20. The zero-order chi connectivity index (χ0) is 21.6. The summed E-state index contributed by atoms with van der Waals surface area (Å²) in [5, 5.41) is 8.48.